The highest BCUT2D eigenvalue weighted by Gasteiger charge is 2.35. The lowest BCUT2D eigenvalue weighted by molar-refractivity contribution is 0.457. The summed E-state index contributed by atoms with van der Waals surface area (Å²) in [5.41, 5.74) is 0. The van der Waals surface area contributed by atoms with E-state index in [2.05, 4.69) is 31.3 Å². The van der Waals surface area contributed by atoms with Crippen LogP contribution in [0.1, 0.15) is 6.42 Å². The monoisotopic (exact) mass is 238 g/mol. The Hall–Kier alpha value is 0.650. The van der Waals surface area contributed by atoms with Crippen molar-refractivity contribution in [2.45, 2.75) is 12.5 Å². The van der Waals surface area contributed by atoms with Crippen molar-refractivity contribution in [3.05, 3.63) is 0 Å². The third kappa shape index (κ3) is 0.991. The zero-order chi connectivity index (χ0) is 6.27. The predicted octanol–water partition coefficient (Wildman–Crippen LogP) is 0.630. The van der Waals surface area contributed by atoms with Gasteiger partial charge in [0.25, 0.3) is 0 Å². The molecule has 0 spiro atoms. The number of nitrogens with one attached hydrogen (secondary N) is 1. The molecule has 0 aliphatic carbocycles. The van der Waals surface area contributed by atoms with Gasteiger partial charge in [0.2, 0.25) is 0 Å². The molecule has 3 heteroatoms. The van der Waals surface area contributed by atoms with Crippen molar-refractivity contribution in [1.29, 1.82) is 0 Å². The van der Waals surface area contributed by atoms with Gasteiger partial charge in [-0.3, -0.25) is 0 Å². The lowest BCUT2D eigenvalue weighted by Crippen LogP contribution is -2.25. The van der Waals surface area contributed by atoms with Gasteiger partial charge in [0, 0.05) is 42.0 Å². The van der Waals surface area contributed by atoms with E-state index in [1.54, 1.807) is 0 Å². The van der Waals surface area contributed by atoms with Gasteiger partial charge in [0.1, 0.15) is 0 Å². The van der Waals surface area contributed by atoms with Crippen LogP contribution in [0.4, 0.5) is 0 Å². The van der Waals surface area contributed by atoms with Crippen molar-refractivity contribution in [1.82, 2.24) is 8.43 Å². The van der Waals surface area contributed by atoms with E-state index in [-0.39, 0.29) is 0 Å². The van der Waals surface area contributed by atoms with Crippen molar-refractivity contribution in [3.8, 4) is 0 Å². The van der Waals surface area contributed by atoms with Crippen LogP contribution in [0.15, 0.2) is 0 Å². The van der Waals surface area contributed by atoms with E-state index in [1.807, 2.05) is 0 Å². The highest BCUT2D eigenvalue weighted by atomic mass is 127. The smallest absolute Gasteiger partial charge is 0.0359 e. The molecule has 2 nitrogen and oxygen atoms in total. The molecule has 2 fully saturated rings. The molecule has 2 heterocycles. The number of rotatable bonds is 0. The van der Waals surface area contributed by atoms with Crippen molar-refractivity contribution < 1.29 is 0 Å². The summed E-state index contributed by atoms with van der Waals surface area (Å²) in [7, 11) is 0. The summed E-state index contributed by atoms with van der Waals surface area (Å²) in [4.78, 5) is 0. The molecule has 1 N–H and O–H groups in total. The molecule has 0 radical (unpaired) electrons. The van der Waals surface area contributed by atoms with Crippen molar-refractivity contribution >= 4 is 22.9 Å². The van der Waals surface area contributed by atoms with Crippen LogP contribution >= 0.6 is 22.9 Å². The van der Waals surface area contributed by atoms with Gasteiger partial charge in [-0.25, -0.2) is 3.11 Å². The van der Waals surface area contributed by atoms with E-state index in [0.29, 0.717) is 0 Å². The fraction of sp³-hybridized carbons (Fsp3) is 1.00. The Balaban J connectivity index is 2.07. The maximum absolute atomic E-state index is 3.41. The van der Waals surface area contributed by atoms with Crippen LogP contribution in [0.25, 0.3) is 0 Å². The van der Waals surface area contributed by atoms with Crippen LogP contribution in [0.2, 0.25) is 0 Å². The standard InChI is InChI=1S/C6H11IN2/c7-9-2-1-5-3-8-4-6(5)9/h5-6,8H,1-4H2. The average Bonchev–Trinajstić information content (AvgIpc) is 2.35. The van der Waals surface area contributed by atoms with E-state index >= 15 is 0 Å². The molecule has 2 aliphatic rings. The van der Waals surface area contributed by atoms with Crippen LogP contribution in [-0.4, -0.2) is 28.8 Å². The maximum Gasteiger partial charge on any atom is 0.0359 e. The van der Waals surface area contributed by atoms with Gasteiger partial charge < -0.3 is 5.32 Å². The maximum atomic E-state index is 3.41. The summed E-state index contributed by atoms with van der Waals surface area (Å²) in [5, 5.41) is 3.41. The molecule has 0 aromatic carbocycles. The Labute approximate surface area is 69.5 Å². The lowest BCUT2D eigenvalue weighted by atomic mass is 10.1. The first-order chi connectivity index (χ1) is 4.38. The first-order valence-electron chi connectivity index (χ1n) is 3.51. The van der Waals surface area contributed by atoms with Gasteiger partial charge >= 0.3 is 0 Å². The van der Waals surface area contributed by atoms with Crippen LogP contribution < -0.4 is 5.32 Å². The molecule has 0 aromatic rings. The number of hydrogen-bond donors (Lipinski definition) is 1. The van der Waals surface area contributed by atoms with Crippen LogP contribution in [0, 0.1) is 5.92 Å². The van der Waals surface area contributed by atoms with Gasteiger partial charge in [0.15, 0.2) is 0 Å². The Morgan fingerprint density at radius 2 is 2.33 bits per heavy atom. The summed E-state index contributed by atoms with van der Waals surface area (Å²) in [6.07, 6.45) is 1.40. The first kappa shape index (κ1) is 6.37. The fourth-order valence-electron chi connectivity index (χ4n) is 1.80. The second kappa shape index (κ2) is 2.36. The Bertz CT molecular complexity index is 118. The van der Waals surface area contributed by atoms with E-state index in [9.17, 15) is 0 Å². The van der Waals surface area contributed by atoms with Gasteiger partial charge in [-0.2, -0.15) is 0 Å². The number of hydrogen-bond acceptors (Lipinski definition) is 2. The van der Waals surface area contributed by atoms with Gasteiger partial charge in [-0.15, -0.1) is 0 Å². The minimum atomic E-state index is 0.852. The summed E-state index contributed by atoms with van der Waals surface area (Å²) in [5.74, 6) is 0.960. The molecular weight excluding hydrogens is 227 g/mol. The Kier molecular flexibility index (Phi) is 1.67. The summed E-state index contributed by atoms with van der Waals surface area (Å²) < 4.78 is 2.45. The minimum Gasteiger partial charge on any atom is -0.315 e. The zero-order valence-corrected chi connectivity index (χ0v) is 7.47. The average molecular weight is 238 g/mol. The van der Waals surface area contributed by atoms with Crippen molar-refractivity contribution in [2.75, 3.05) is 19.6 Å². The quantitative estimate of drug-likeness (QED) is 0.492. The van der Waals surface area contributed by atoms with Crippen molar-refractivity contribution in [3.63, 3.8) is 0 Å². The summed E-state index contributed by atoms with van der Waals surface area (Å²) in [6.45, 7) is 3.77. The summed E-state index contributed by atoms with van der Waals surface area (Å²) >= 11 is 2.44. The molecule has 9 heavy (non-hydrogen) atoms. The lowest BCUT2D eigenvalue weighted by Gasteiger charge is -2.13. The molecule has 0 bridgehead atoms. The summed E-state index contributed by atoms with van der Waals surface area (Å²) in [6, 6.07) is 0.852. The number of nitrogens with zero attached hydrogens (tertiary/aromatic N) is 1. The molecule has 2 saturated heterocycles. The zero-order valence-electron chi connectivity index (χ0n) is 5.31. The topological polar surface area (TPSA) is 15.3 Å². The fourth-order valence-corrected chi connectivity index (χ4v) is 2.73. The highest BCUT2D eigenvalue weighted by molar-refractivity contribution is 14.1. The first-order valence-corrected chi connectivity index (χ1v) is 4.47. The largest absolute Gasteiger partial charge is 0.315 e. The molecule has 0 amide bonds. The van der Waals surface area contributed by atoms with E-state index < -0.39 is 0 Å². The molecule has 2 aliphatic heterocycles. The van der Waals surface area contributed by atoms with Crippen LogP contribution in [0.5, 0.6) is 0 Å². The number of fused-ring (bicyclic) bond motifs is 1. The SMILES string of the molecule is IN1CCC2CNCC21. The van der Waals surface area contributed by atoms with E-state index in [0.717, 1.165) is 12.0 Å². The van der Waals surface area contributed by atoms with E-state index in [1.165, 1.54) is 26.1 Å². The third-order valence-corrected chi connectivity index (χ3v) is 3.58. The molecule has 2 atom stereocenters. The Morgan fingerprint density at radius 1 is 1.44 bits per heavy atom. The molecule has 2 unspecified atom stereocenters. The van der Waals surface area contributed by atoms with Crippen molar-refractivity contribution in [2.24, 2.45) is 5.92 Å². The Morgan fingerprint density at radius 3 is 3.11 bits per heavy atom. The number of halogens is 1. The highest BCUT2D eigenvalue weighted by Crippen LogP contribution is 2.29. The van der Waals surface area contributed by atoms with Gasteiger partial charge in [0.05, 0.1) is 0 Å². The second-order valence-electron chi connectivity index (χ2n) is 2.90. The third-order valence-electron chi connectivity index (χ3n) is 2.38. The molecule has 2 rings (SSSR count). The molecule has 0 aromatic heterocycles. The van der Waals surface area contributed by atoms with E-state index in [4.69, 9.17) is 0 Å². The minimum absolute atomic E-state index is 0.852. The molecular formula is C6H11IN2. The second-order valence-corrected chi connectivity index (χ2v) is 4.14. The van der Waals surface area contributed by atoms with Crippen LogP contribution in [0.3, 0.4) is 0 Å². The van der Waals surface area contributed by atoms with Crippen LogP contribution in [-0.2, 0) is 0 Å². The molecule has 52 valence electrons. The molecule has 0 saturated carbocycles. The normalized spacial score (nSPS) is 43.7. The predicted molar refractivity (Wildman–Crippen MR) is 45.5 cm³/mol. The van der Waals surface area contributed by atoms with Gasteiger partial charge in [-0.1, -0.05) is 0 Å². The van der Waals surface area contributed by atoms with Gasteiger partial charge in [-0.05, 0) is 18.9 Å².